The number of aromatic nitrogens is 2. The van der Waals surface area contributed by atoms with Gasteiger partial charge in [0.2, 0.25) is 5.88 Å². The number of ether oxygens (including phenoxy) is 2. The van der Waals surface area contributed by atoms with Gasteiger partial charge in [-0.15, -0.1) is 0 Å². The third kappa shape index (κ3) is 5.29. The number of benzene rings is 3. The van der Waals surface area contributed by atoms with E-state index in [1.807, 2.05) is 61.5 Å². The molecule has 0 saturated carbocycles. The molecule has 1 N–H and O–H groups in total. The van der Waals surface area contributed by atoms with Crippen LogP contribution in [0.15, 0.2) is 85.2 Å². The molecule has 160 valence electrons. The van der Waals surface area contributed by atoms with Gasteiger partial charge < -0.3 is 14.8 Å². The summed E-state index contributed by atoms with van der Waals surface area (Å²) < 4.78 is 11.1. The molecule has 6 nitrogen and oxygen atoms in total. The zero-order chi connectivity index (χ0) is 22.3. The van der Waals surface area contributed by atoms with Crippen molar-refractivity contribution in [2.45, 2.75) is 13.5 Å². The van der Waals surface area contributed by atoms with Crippen LogP contribution in [0.2, 0.25) is 0 Å². The van der Waals surface area contributed by atoms with Crippen LogP contribution in [0.3, 0.4) is 0 Å². The predicted octanol–water partition coefficient (Wildman–Crippen LogP) is 5.18. The fraction of sp³-hybridized carbons (Fsp3) is 0.115. The van der Waals surface area contributed by atoms with Gasteiger partial charge in [-0.05, 0) is 36.8 Å². The third-order valence-corrected chi connectivity index (χ3v) is 4.86. The maximum Gasteiger partial charge on any atom is 0.251 e. The van der Waals surface area contributed by atoms with Gasteiger partial charge in [0.1, 0.15) is 17.8 Å². The molecule has 0 fully saturated rings. The van der Waals surface area contributed by atoms with Crippen molar-refractivity contribution >= 4 is 5.91 Å². The number of methoxy groups -OCH3 is 1. The van der Waals surface area contributed by atoms with Gasteiger partial charge in [-0.25, -0.2) is 9.97 Å². The van der Waals surface area contributed by atoms with Crippen LogP contribution < -0.4 is 14.8 Å². The Kier molecular flexibility index (Phi) is 6.41. The lowest BCUT2D eigenvalue weighted by Gasteiger charge is -2.09. The topological polar surface area (TPSA) is 73.3 Å². The van der Waals surface area contributed by atoms with Gasteiger partial charge in [0.05, 0.1) is 12.8 Å². The number of aryl methyl sites for hydroxylation is 1. The largest absolute Gasteiger partial charge is 0.497 e. The Hall–Kier alpha value is -4.19. The van der Waals surface area contributed by atoms with Crippen molar-refractivity contribution in [3.05, 3.63) is 102 Å². The van der Waals surface area contributed by atoms with E-state index in [2.05, 4.69) is 21.4 Å². The first-order valence-corrected chi connectivity index (χ1v) is 10.2. The molecule has 6 heteroatoms. The molecule has 1 aromatic heterocycles. The van der Waals surface area contributed by atoms with Crippen LogP contribution in [0.1, 0.15) is 21.5 Å². The maximum atomic E-state index is 12.7. The first-order valence-electron chi connectivity index (χ1n) is 10.2. The fourth-order valence-electron chi connectivity index (χ4n) is 3.26. The number of rotatable bonds is 7. The number of hydrogen-bond acceptors (Lipinski definition) is 5. The van der Waals surface area contributed by atoms with E-state index in [0.29, 0.717) is 35.2 Å². The lowest BCUT2D eigenvalue weighted by molar-refractivity contribution is 0.0951. The van der Waals surface area contributed by atoms with E-state index < -0.39 is 0 Å². The standard InChI is InChI=1S/C26H23N3O3/c1-18-6-3-7-19(12-18)16-27-26(30)21-9-4-8-20(13-21)24-15-25(29-17-28-24)32-23-11-5-10-22(14-23)31-2/h3-15,17H,16H2,1-2H3,(H,27,30). The van der Waals surface area contributed by atoms with E-state index in [9.17, 15) is 4.79 Å². The summed E-state index contributed by atoms with van der Waals surface area (Å²) in [5.74, 6) is 1.56. The summed E-state index contributed by atoms with van der Waals surface area (Å²) >= 11 is 0. The van der Waals surface area contributed by atoms with Crippen molar-refractivity contribution in [2.24, 2.45) is 0 Å². The van der Waals surface area contributed by atoms with Gasteiger partial charge in [-0.3, -0.25) is 4.79 Å². The Morgan fingerprint density at radius 1 is 0.906 bits per heavy atom. The van der Waals surface area contributed by atoms with Crippen molar-refractivity contribution in [1.29, 1.82) is 0 Å². The highest BCUT2D eigenvalue weighted by Gasteiger charge is 2.10. The summed E-state index contributed by atoms with van der Waals surface area (Å²) in [4.78, 5) is 21.2. The minimum Gasteiger partial charge on any atom is -0.497 e. The first kappa shape index (κ1) is 21.1. The van der Waals surface area contributed by atoms with E-state index >= 15 is 0 Å². The molecule has 32 heavy (non-hydrogen) atoms. The van der Waals surface area contributed by atoms with Gasteiger partial charge >= 0.3 is 0 Å². The quantitative estimate of drug-likeness (QED) is 0.441. The predicted molar refractivity (Wildman–Crippen MR) is 123 cm³/mol. The number of nitrogens with zero attached hydrogens (tertiary/aromatic N) is 2. The van der Waals surface area contributed by atoms with Gasteiger partial charge in [0.25, 0.3) is 5.91 Å². The van der Waals surface area contributed by atoms with Gasteiger partial charge in [-0.1, -0.05) is 48.0 Å². The number of carbonyl (C=O) groups excluding carboxylic acids is 1. The minimum absolute atomic E-state index is 0.143. The Morgan fingerprint density at radius 2 is 1.72 bits per heavy atom. The Bertz CT molecular complexity index is 1240. The van der Waals surface area contributed by atoms with Crippen molar-refractivity contribution in [3.8, 4) is 28.6 Å². The highest BCUT2D eigenvalue weighted by Crippen LogP contribution is 2.26. The van der Waals surface area contributed by atoms with Crippen molar-refractivity contribution in [2.75, 3.05) is 7.11 Å². The lowest BCUT2D eigenvalue weighted by Crippen LogP contribution is -2.22. The molecule has 0 atom stereocenters. The molecule has 0 bridgehead atoms. The Balaban J connectivity index is 1.49. The minimum atomic E-state index is -0.143. The van der Waals surface area contributed by atoms with E-state index in [-0.39, 0.29) is 5.91 Å². The molecule has 0 aliphatic carbocycles. The molecule has 0 spiro atoms. The second kappa shape index (κ2) is 9.75. The highest BCUT2D eigenvalue weighted by molar-refractivity contribution is 5.95. The summed E-state index contributed by atoms with van der Waals surface area (Å²) in [5, 5.41) is 2.97. The molecule has 4 aromatic rings. The van der Waals surface area contributed by atoms with Crippen LogP contribution in [-0.2, 0) is 6.54 Å². The van der Waals surface area contributed by atoms with E-state index in [1.54, 1.807) is 25.3 Å². The smallest absolute Gasteiger partial charge is 0.251 e. The molecular formula is C26H23N3O3. The van der Waals surface area contributed by atoms with E-state index in [1.165, 1.54) is 6.33 Å². The number of nitrogens with one attached hydrogen (secondary N) is 1. The molecule has 4 rings (SSSR count). The summed E-state index contributed by atoms with van der Waals surface area (Å²) in [6.45, 7) is 2.50. The lowest BCUT2D eigenvalue weighted by atomic mass is 10.1. The summed E-state index contributed by atoms with van der Waals surface area (Å²) in [7, 11) is 1.60. The monoisotopic (exact) mass is 425 g/mol. The van der Waals surface area contributed by atoms with Crippen molar-refractivity contribution in [3.63, 3.8) is 0 Å². The Morgan fingerprint density at radius 3 is 2.56 bits per heavy atom. The normalized spacial score (nSPS) is 10.4. The first-order chi connectivity index (χ1) is 15.6. The van der Waals surface area contributed by atoms with Crippen LogP contribution >= 0.6 is 0 Å². The zero-order valence-electron chi connectivity index (χ0n) is 17.9. The third-order valence-electron chi connectivity index (χ3n) is 4.86. The van der Waals surface area contributed by atoms with Crippen LogP contribution in [0, 0.1) is 6.92 Å². The van der Waals surface area contributed by atoms with E-state index in [4.69, 9.17) is 9.47 Å². The molecule has 1 heterocycles. The highest BCUT2D eigenvalue weighted by atomic mass is 16.5. The fourth-order valence-corrected chi connectivity index (χ4v) is 3.26. The average Bonchev–Trinajstić information content (AvgIpc) is 2.83. The van der Waals surface area contributed by atoms with Crippen LogP contribution in [0.4, 0.5) is 0 Å². The van der Waals surface area contributed by atoms with Gasteiger partial charge in [0.15, 0.2) is 0 Å². The molecular weight excluding hydrogens is 402 g/mol. The van der Waals surface area contributed by atoms with Crippen molar-refractivity contribution in [1.82, 2.24) is 15.3 Å². The van der Waals surface area contributed by atoms with E-state index in [0.717, 1.165) is 16.7 Å². The molecule has 0 radical (unpaired) electrons. The molecule has 0 aliphatic heterocycles. The van der Waals surface area contributed by atoms with Gasteiger partial charge in [0, 0.05) is 29.8 Å². The maximum absolute atomic E-state index is 12.7. The molecule has 0 saturated heterocycles. The van der Waals surface area contributed by atoms with Gasteiger partial charge in [-0.2, -0.15) is 0 Å². The second-order valence-electron chi connectivity index (χ2n) is 7.28. The Labute approximate surface area is 186 Å². The molecule has 3 aromatic carbocycles. The average molecular weight is 425 g/mol. The SMILES string of the molecule is COc1cccc(Oc2cc(-c3cccc(C(=O)NCc4cccc(C)c4)c3)ncn2)c1. The van der Waals surface area contributed by atoms with Crippen LogP contribution in [-0.4, -0.2) is 23.0 Å². The summed E-state index contributed by atoms with van der Waals surface area (Å²) in [5.41, 5.74) is 4.24. The van der Waals surface area contributed by atoms with Crippen LogP contribution in [0.5, 0.6) is 17.4 Å². The zero-order valence-corrected chi connectivity index (χ0v) is 17.9. The number of hydrogen-bond donors (Lipinski definition) is 1. The van der Waals surface area contributed by atoms with Crippen molar-refractivity contribution < 1.29 is 14.3 Å². The number of carbonyl (C=O) groups is 1. The van der Waals surface area contributed by atoms with Crippen LogP contribution in [0.25, 0.3) is 11.3 Å². The second-order valence-corrected chi connectivity index (χ2v) is 7.28. The number of amides is 1. The summed E-state index contributed by atoms with van der Waals surface area (Å²) in [6, 6.07) is 24.4. The molecule has 0 aliphatic rings. The summed E-state index contributed by atoms with van der Waals surface area (Å²) in [6.07, 6.45) is 1.44. The molecule has 1 amide bonds. The molecule has 0 unspecified atom stereocenters.